The Morgan fingerprint density at radius 2 is 1.97 bits per heavy atom. The number of halogens is 1. The molecular formula is C28H37ClN2O5S. The van der Waals surface area contributed by atoms with Crippen molar-refractivity contribution in [1.29, 1.82) is 0 Å². The second-order valence-electron chi connectivity index (χ2n) is 10.1. The van der Waals surface area contributed by atoms with Gasteiger partial charge in [-0.15, -0.1) is 0 Å². The van der Waals surface area contributed by atoms with Crippen LogP contribution in [0.15, 0.2) is 36.4 Å². The fourth-order valence-corrected chi connectivity index (χ4v) is 5.66. The van der Waals surface area contributed by atoms with E-state index in [1.165, 1.54) is 5.56 Å². The molecule has 2 aliphatic rings. The van der Waals surface area contributed by atoms with E-state index in [-0.39, 0.29) is 11.7 Å². The van der Waals surface area contributed by atoms with Crippen LogP contribution in [-0.2, 0) is 27.8 Å². The number of nitrogens with zero attached hydrogens (tertiary/aromatic N) is 1. The zero-order valence-electron chi connectivity index (χ0n) is 21.8. The first kappa shape index (κ1) is 27.7. The predicted octanol–water partition coefficient (Wildman–Crippen LogP) is 5.34. The van der Waals surface area contributed by atoms with Crippen molar-refractivity contribution in [2.45, 2.75) is 70.8 Å². The van der Waals surface area contributed by atoms with Gasteiger partial charge >= 0.3 is 0 Å². The smallest absolute Gasteiger partial charge is 0.264 e. The van der Waals surface area contributed by atoms with Gasteiger partial charge in [0.1, 0.15) is 12.4 Å². The van der Waals surface area contributed by atoms with Gasteiger partial charge in [-0.05, 0) is 94.3 Å². The summed E-state index contributed by atoms with van der Waals surface area (Å²) in [6.07, 6.45) is 5.24. The molecule has 1 aliphatic heterocycles. The maximum Gasteiger partial charge on any atom is 0.264 e. The van der Waals surface area contributed by atoms with Crippen LogP contribution < -0.4 is 14.4 Å². The quantitative estimate of drug-likeness (QED) is 0.502. The average molecular weight is 549 g/mol. The minimum atomic E-state index is -3.75. The number of rotatable bonds is 7. The van der Waals surface area contributed by atoms with Gasteiger partial charge in [0.25, 0.3) is 5.91 Å². The van der Waals surface area contributed by atoms with Crippen molar-refractivity contribution in [3.63, 3.8) is 0 Å². The van der Waals surface area contributed by atoms with Crippen LogP contribution in [0.2, 0.25) is 5.02 Å². The molecule has 1 N–H and O–H groups in total. The largest absolute Gasteiger partial charge is 0.487 e. The number of carbonyl (C=O) groups is 1. The summed E-state index contributed by atoms with van der Waals surface area (Å²) in [5.41, 5.74) is 3.36. The van der Waals surface area contributed by atoms with Crippen molar-refractivity contribution in [2.24, 2.45) is 5.92 Å². The molecule has 7 nitrogen and oxygen atoms in total. The normalized spacial score (nSPS) is 20.2. The maximum absolute atomic E-state index is 12.9. The third-order valence-electron chi connectivity index (χ3n) is 7.28. The van der Waals surface area contributed by atoms with E-state index >= 15 is 0 Å². The van der Waals surface area contributed by atoms with Crippen LogP contribution in [0.3, 0.4) is 0 Å². The highest BCUT2D eigenvalue weighted by Crippen LogP contribution is 2.37. The number of amides is 1. The monoisotopic (exact) mass is 548 g/mol. The minimum Gasteiger partial charge on any atom is -0.487 e. The molecule has 0 bridgehead atoms. The minimum absolute atomic E-state index is 0.238. The highest BCUT2D eigenvalue weighted by molar-refractivity contribution is 7.90. The summed E-state index contributed by atoms with van der Waals surface area (Å²) in [6.45, 7) is 7.75. The van der Waals surface area contributed by atoms with Gasteiger partial charge in [-0.1, -0.05) is 17.7 Å². The first-order valence-corrected chi connectivity index (χ1v) is 15.1. The van der Waals surface area contributed by atoms with Gasteiger partial charge in [-0.2, -0.15) is 0 Å². The Labute approximate surface area is 225 Å². The molecule has 1 amide bonds. The number of nitrogens with one attached hydrogen (secondary N) is 1. The Bertz CT molecular complexity index is 1220. The number of carbonyl (C=O) groups excluding carboxylic acids is 1. The number of anilines is 1. The molecule has 202 valence electrons. The lowest BCUT2D eigenvalue weighted by atomic mass is 9.81. The van der Waals surface area contributed by atoms with E-state index in [4.69, 9.17) is 21.1 Å². The summed E-state index contributed by atoms with van der Waals surface area (Å²) in [6, 6.07) is 11.1. The first-order chi connectivity index (χ1) is 17.7. The second-order valence-corrected chi connectivity index (χ2v) is 12.8. The molecule has 1 aliphatic carbocycles. The molecule has 0 spiro atoms. The molecule has 1 fully saturated rings. The molecule has 2 atom stereocenters. The molecule has 4 rings (SSSR count). The lowest BCUT2D eigenvalue weighted by Gasteiger charge is -2.40. The fraction of sp³-hybridized carbons (Fsp3) is 0.536. The average Bonchev–Trinajstić information content (AvgIpc) is 2.87. The lowest BCUT2D eigenvalue weighted by Crippen LogP contribution is -2.43. The summed E-state index contributed by atoms with van der Waals surface area (Å²) in [5.74, 6) is 0.424. The highest BCUT2D eigenvalue weighted by Gasteiger charge is 2.33. The van der Waals surface area contributed by atoms with Crippen LogP contribution in [0.25, 0.3) is 0 Å². The number of ether oxygens (including phenoxy) is 2. The van der Waals surface area contributed by atoms with E-state index in [0.29, 0.717) is 24.9 Å². The summed E-state index contributed by atoms with van der Waals surface area (Å²) >= 11 is 6.27. The summed E-state index contributed by atoms with van der Waals surface area (Å²) < 4.78 is 39.1. The van der Waals surface area contributed by atoms with Gasteiger partial charge in [0.05, 0.1) is 17.0 Å². The summed E-state index contributed by atoms with van der Waals surface area (Å²) in [4.78, 5) is 15.2. The van der Waals surface area contributed by atoms with Crippen LogP contribution in [0.4, 0.5) is 5.69 Å². The lowest BCUT2D eigenvalue weighted by molar-refractivity contribution is -0.0374. The Kier molecular flexibility index (Phi) is 9.03. The number of hydrogen-bond donors (Lipinski definition) is 1. The molecule has 0 radical (unpaired) electrons. The van der Waals surface area contributed by atoms with Crippen molar-refractivity contribution in [1.82, 2.24) is 4.72 Å². The Balaban J connectivity index is 1.67. The number of hydrogen-bond acceptors (Lipinski definition) is 6. The van der Waals surface area contributed by atoms with E-state index in [0.717, 1.165) is 61.5 Å². The van der Waals surface area contributed by atoms with Crippen molar-refractivity contribution >= 4 is 33.2 Å². The second kappa shape index (κ2) is 12.0. The molecule has 1 heterocycles. The van der Waals surface area contributed by atoms with E-state index in [2.05, 4.69) is 9.62 Å². The highest BCUT2D eigenvalue weighted by atomic mass is 35.5. The summed E-state index contributed by atoms with van der Waals surface area (Å²) in [5, 5.41) is 0.00826. The number of benzene rings is 2. The SMILES string of the molecule is CCOC1CC[C@H]1CN1CCCCc2cc(Cl)ccc2COc2ccc(C(=O)NS(=O)(=O)C(C)C)cc21. The zero-order valence-corrected chi connectivity index (χ0v) is 23.4. The van der Waals surface area contributed by atoms with Crippen LogP contribution in [0.5, 0.6) is 5.75 Å². The molecular weight excluding hydrogens is 512 g/mol. The van der Waals surface area contributed by atoms with E-state index in [1.807, 2.05) is 25.1 Å². The predicted molar refractivity (Wildman–Crippen MR) is 147 cm³/mol. The first-order valence-electron chi connectivity index (χ1n) is 13.1. The third kappa shape index (κ3) is 6.78. The molecule has 0 aromatic heterocycles. The molecule has 0 saturated heterocycles. The molecule has 9 heteroatoms. The Morgan fingerprint density at radius 1 is 1.16 bits per heavy atom. The van der Waals surface area contributed by atoms with Crippen LogP contribution in [0, 0.1) is 5.92 Å². The van der Waals surface area contributed by atoms with Gasteiger partial charge in [0.2, 0.25) is 10.0 Å². The summed E-state index contributed by atoms with van der Waals surface area (Å²) in [7, 11) is -3.75. The van der Waals surface area contributed by atoms with Crippen molar-refractivity contribution in [2.75, 3.05) is 24.6 Å². The van der Waals surface area contributed by atoms with Gasteiger partial charge in [0, 0.05) is 36.2 Å². The van der Waals surface area contributed by atoms with E-state index < -0.39 is 21.2 Å². The maximum atomic E-state index is 12.9. The number of sulfonamides is 1. The molecule has 2 aromatic rings. The molecule has 1 saturated carbocycles. The van der Waals surface area contributed by atoms with Crippen molar-refractivity contribution < 1.29 is 22.7 Å². The zero-order chi connectivity index (χ0) is 26.6. The fourth-order valence-electron chi connectivity index (χ4n) is 4.85. The third-order valence-corrected chi connectivity index (χ3v) is 9.22. The van der Waals surface area contributed by atoms with Gasteiger partial charge in [0.15, 0.2) is 0 Å². The van der Waals surface area contributed by atoms with Crippen LogP contribution in [-0.4, -0.2) is 45.4 Å². The standard InChI is InChI=1S/C28H37ClN2O5S/c1-4-35-26-12-10-22(26)17-31-14-6-5-7-20-15-24(29)11-8-23(20)18-36-27-13-9-21(16-25(27)31)28(32)30-37(33,34)19(2)3/h8-9,11,13,15-16,19,22,26H,4-7,10,12,14,17-18H2,1-3H3,(H,30,32)/t22-,26?/m0/s1. The van der Waals surface area contributed by atoms with Crippen LogP contribution >= 0.6 is 11.6 Å². The van der Waals surface area contributed by atoms with Crippen molar-refractivity contribution in [3.8, 4) is 5.75 Å². The van der Waals surface area contributed by atoms with Crippen LogP contribution in [0.1, 0.15) is 67.9 Å². The van der Waals surface area contributed by atoms with Gasteiger partial charge in [-0.25, -0.2) is 13.1 Å². The number of aryl methyl sites for hydroxylation is 1. The van der Waals surface area contributed by atoms with Gasteiger partial charge in [-0.3, -0.25) is 4.79 Å². The molecule has 37 heavy (non-hydrogen) atoms. The van der Waals surface area contributed by atoms with Gasteiger partial charge < -0.3 is 14.4 Å². The van der Waals surface area contributed by atoms with E-state index in [1.54, 1.807) is 32.0 Å². The number of fused-ring (bicyclic) bond motifs is 2. The van der Waals surface area contributed by atoms with E-state index in [9.17, 15) is 13.2 Å². The Hall–Kier alpha value is -2.29. The molecule has 2 aromatic carbocycles. The Morgan fingerprint density at radius 3 is 2.68 bits per heavy atom. The van der Waals surface area contributed by atoms with Crippen molar-refractivity contribution in [3.05, 3.63) is 58.1 Å². The topological polar surface area (TPSA) is 84.9 Å². The molecule has 1 unspecified atom stereocenters.